The second-order valence-corrected chi connectivity index (χ2v) is 6.13. The highest BCUT2D eigenvalue weighted by Gasteiger charge is 2.31. The Bertz CT molecular complexity index is 426. The number of amides is 1. The number of carbonyl (C=O) groups is 1. The number of benzene rings is 1. The van der Waals surface area contributed by atoms with Crippen LogP contribution in [0.1, 0.15) is 27.7 Å². The summed E-state index contributed by atoms with van der Waals surface area (Å²) in [5.74, 6) is -0.244. The van der Waals surface area contributed by atoms with Gasteiger partial charge in [-0.15, -0.1) is 0 Å². The Morgan fingerprint density at radius 1 is 1.39 bits per heavy atom. The molecule has 3 nitrogen and oxygen atoms in total. The van der Waals surface area contributed by atoms with Crippen LogP contribution in [0.25, 0.3) is 0 Å². The van der Waals surface area contributed by atoms with Crippen molar-refractivity contribution in [3.8, 4) is 0 Å². The summed E-state index contributed by atoms with van der Waals surface area (Å²) in [6, 6.07) is 6.87. The Balaban J connectivity index is 2.91. The van der Waals surface area contributed by atoms with Crippen molar-refractivity contribution in [1.82, 2.24) is 0 Å². The van der Waals surface area contributed by atoms with Crippen molar-refractivity contribution in [1.29, 1.82) is 0 Å². The second-order valence-electron chi connectivity index (χ2n) is 5.69. The zero-order valence-corrected chi connectivity index (χ0v) is 12.1. The van der Waals surface area contributed by atoms with Crippen LogP contribution < -0.4 is 11.1 Å². The minimum atomic E-state index is -0.413. The molecule has 0 radical (unpaired) electrons. The van der Waals surface area contributed by atoms with Crippen molar-refractivity contribution in [2.24, 2.45) is 17.1 Å². The van der Waals surface area contributed by atoms with Crippen molar-refractivity contribution in [2.45, 2.75) is 33.7 Å². The van der Waals surface area contributed by atoms with Crippen LogP contribution in [0.5, 0.6) is 0 Å². The third kappa shape index (κ3) is 3.91. The van der Waals surface area contributed by atoms with Gasteiger partial charge in [-0.1, -0.05) is 45.4 Å². The maximum Gasteiger partial charge on any atom is 0.240 e. The average Bonchev–Trinajstić information content (AvgIpc) is 2.23. The van der Waals surface area contributed by atoms with Gasteiger partial charge >= 0.3 is 0 Å². The molecule has 4 heteroatoms. The third-order valence-corrected chi connectivity index (χ3v) is 3.55. The van der Waals surface area contributed by atoms with Gasteiger partial charge in [-0.3, -0.25) is 4.79 Å². The maximum absolute atomic E-state index is 11.6. The molecule has 1 rings (SSSR count). The van der Waals surface area contributed by atoms with Gasteiger partial charge in [-0.2, -0.15) is 0 Å². The lowest BCUT2D eigenvalue weighted by molar-refractivity contribution is -0.120. The van der Waals surface area contributed by atoms with Crippen LogP contribution in [-0.2, 0) is 4.79 Å². The first-order valence-corrected chi connectivity index (χ1v) is 6.41. The molecule has 0 heterocycles. The summed E-state index contributed by atoms with van der Waals surface area (Å²) in [5, 5.41) is 3.80. The highest BCUT2D eigenvalue weighted by Crippen LogP contribution is 2.30. The van der Waals surface area contributed by atoms with E-state index < -0.39 is 6.04 Å². The van der Waals surface area contributed by atoms with E-state index in [0.29, 0.717) is 5.02 Å². The van der Waals surface area contributed by atoms with Crippen LogP contribution >= 0.6 is 11.6 Å². The van der Waals surface area contributed by atoms with E-state index in [-0.39, 0.29) is 17.2 Å². The molecule has 0 bridgehead atoms. The summed E-state index contributed by atoms with van der Waals surface area (Å²) >= 11 is 5.92. The monoisotopic (exact) mass is 268 g/mol. The molecule has 0 aliphatic carbocycles. The normalized spacial score (nSPS) is 14.9. The molecule has 0 spiro atoms. The first-order valence-electron chi connectivity index (χ1n) is 6.03. The van der Waals surface area contributed by atoms with E-state index in [0.717, 1.165) is 5.69 Å². The van der Waals surface area contributed by atoms with Gasteiger partial charge in [0, 0.05) is 10.7 Å². The number of carbonyl (C=O) groups excluding carboxylic acids is 1. The summed E-state index contributed by atoms with van der Waals surface area (Å²) in [5.41, 5.74) is 6.28. The molecule has 1 aromatic carbocycles. The van der Waals surface area contributed by atoms with Crippen molar-refractivity contribution in [2.75, 3.05) is 5.32 Å². The number of hydrogen-bond acceptors (Lipinski definition) is 2. The van der Waals surface area contributed by atoms with Crippen molar-refractivity contribution >= 4 is 23.2 Å². The smallest absolute Gasteiger partial charge is 0.240 e. The van der Waals surface area contributed by atoms with Gasteiger partial charge in [0.25, 0.3) is 0 Å². The molecule has 0 aromatic heterocycles. The minimum Gasteiger partial charge on any atom is -0.373 e. The molecular weight excluding hydrogens is 248 g/mol. The van der Waals surface area contributed by atoms with E-state index in [9.17, 15) is 4.79 Å². The van der Waals surface area contributed by atoms with E-state index >= 15 is 0 Å². The van der Waals surface area contributed by atoms with Gasteiger partial charge in [0.15, 0.2) is 0 Å². The average molecular weight is 269 g/mol. The Morgan fingerprint density at radius 2 is 2.00 bits per heavy atom. The van der Waals surface area contributed by atoms with E-state index in [1.165, 1.54) is 0 Å². The highest BCUT2D eigenvalue weighted by atomic mass is 35.5. The largest absolute Gasteiger partial charge is 0.373 e. The fourth-order valence-electron chi connectivity index (χ4n) is 1.70. The summed E-state index contributed by atoms with van der Waals surface area (Å²) in [6.07, 6.45) is 0. The van der Waals surface area contributed by atoms with Gasteiger partial charge in [0.2, 0.25) is 5.91 Å². The van der Waals surface area contributed by atoms with Crippen molar-refractivity contribution in [3.05, 3.63) is 29.3 Å². The van der Waals surface area contributed by atoms with Crippen molar-refractivity contribution < 1.29 is 4.79 Å². The third-order valence-electron chi connectivity index (χ3n) is 3.32. The summed E-state index contributed by atoms with van der Waals surface area (Å²) in [4.78, 5) is 11.6. The predicted molar refractivity (Wildman–Crippen MR) is 76.7 cm³/mol. The maximum atomic E-state index is 11.6. The number of nitrogens with one attached hydrogen (secondary N) is 1. The highest BCUT2D eigenvalue weighted by molar-refractivity contribution is 6.30. The van der Waals surface area contributed by atoms with Crippen LogP contribution in [-0.4, -0.2) is 11.9 Å². The fraction of sp³-hybridized carbons (Fsp3) is 0.500. The molecule has 2 unspecified atom stereocenters. The van der Waals surface area contributed by atoms with Gasteiger partial charge in [-0.05, 0) is 29.5 Å². The topological polar surface area (TPSA) is 55.1 Å². The molecular formula is C14H21ClN2O. The van der Waals surface area contributed by atoms with E-state index in [1.807, 2.05) is 19.1 Å². The van der Waals surface area contributed by atoms with Crippen LogP contribution in [0.2, 0.25) is 5.02 Å². The summed E-state index contributed by atoms with van der Waals surface area (Å²) in [6.45, 7) is 8.29. The zero-order chi connectivity index (χ0) is 13.9. The molecule has 1 amide bonds. The van der Waals surface area contributed by atoms with Crippen LogP contribution in [0.15, 0.2) is 24.3 Å². The SMILES string of the molecule is CC(C(Nc1cccc(Cl)c1)C(N)=O)C(C)(C)C. The Labute approximate surface area is 114 Å². The molecule has 1 aromatic rings. The quantitative estimate of drug-likeness (QED) is 0.880. The number of nitrogens with two attached hydrogens (primary N) is 1. The number of anilines is 1. The predicted octanol–water partition coefficient (Wildman–Crippen LogP) is 3.29. The van der Waals surface area contributed by atoms with Crippen LogP contribution in [0, 0.1) is 11.3 Å². The molecule has 0 fully saturated rings. The number of halogens is 1. The number of rotatable bonds is 4. The van der Waals surface area contributed by atoms with Gasteiger partial charge in [0.1, 0.15) is 6.04 Å². The first kappa shape index (κ1) is 14.8. The van der Waals surface area contributed by atoms with Gasteiger partial charge in [0.05, 0.1) is 0 Å². The standard InChI is InChI=1S/C14H21ClN2O/c1-9(14(2,3)4)12(13(16)18)17-11-7-5-6-10(15)8-11/h5-9,12,17H,1-4H3,(H2,16,18). The zero-order valence-electron chi connectivity index (χ0n) is 11.3. The molecule has 0 aliphatic heterocycles. The molecule has 0 saturated carbocycles. The summed E-state index contributed by atoms with van der Waals surface area (Å²) in [7, 11) is 0. The lowest BCUT2D eigenvalue weighted by atomic mass is 9.77. The minimum absolute atomic E-state index is 0.00866. The Morgan fingerprint density at radius 3 is 2.44 bits per heavy atom. The van der Waals surface area contributed by atoms with Gasteiger partial charge in [-0.25, -0.2) is 0 Å². The molecule has 0 saturated heterocycles. The second kappa shape index (κ2) is 5.61. The Kier molecular flexibility index (Phi) is 4.63. The van der Waals surface area contributed by atoms with E-state index in [2.05, 4.69) is 26.1 Å². The molecule has 18 heavy (non-hydrogen) atoms. The summed E-state index contributed by atoms with van der Waals surface area (Å²) < 4.78 is 0. The fourth-order valence-corrected chi connectivity index (χ4v) is 1.89. The van der Waals surface area contributed by atoms with Crippen LogP contribution in [0.4, 0.5) is 5.69 Å². The van der Waals surface area contributed by atoms with Gasteiger partial charge < -0.3 is 11.1 Å². The number of hydrogen-bond donors (Lipinski definition) is 2. The van der Waals surface area contributed by atoms with E-state index in [4.69, 9.17) is 17.3 Å². The number of primary amides is 1. The molecule has 3 N–H and O–H groups in total. The van der Waals surface area contributed by atoms with E-state index in [1.54, 1.807) is 12.1 Å². The molecule has 2 atom stereocenters. The van der Waals surface area contributed by atoms with Crippen molar-refractivity contribution in [3.63, 3.8) is 0 Å². The Hall–Kier alpha value is -1.22. The van der Waals surface area contributed by atoms with Crippen LogP contribution in [0.3, 0.4) is 0 Å². The molecule has 0 aliphatic rings. The lowest BCUT2D eigenvalue weighted by Gasteiger charge is -2.33. The first-order chi connectivity index (χ1) is 8.21. The molecule has 100 valence electrons. The lowest BCUT2D eigenvalue weighted by Crippen LogP contribution is -2.45.